The van der Waals surface area contributed by atoms with Gasteiger partial charge in [0.1, 0.15) is 10.7 Å². The average Bonchev–Trinajstić information content (AvgIpc) is 2.86. The van der Waals surface area contributed by atoms with Crippen molar-refractivity contribution in [2.24, 2.45) is 0 Å². The van der Waals surface area contributed by atoms with Gasteiger partial charge in [-0.15, -0.1) is 0 Å². The van der Waals surface area contributed by atoms with E-state index in [0.717, 1.165) is 32.1 Å². The number of halogens is 1. The second-order valence-electron chi connectivity index (χ2n) is 6.16. The summed E-state index contributed by atoms with van der Waals surface area (Å²) in [4.78, 5) is 37.8. The molecule has 1 heterocycles. The van der Waals surface area contributed by atoms with E-state index in [4.69, 9.17) is 11.6 Å². The lowest BCUT2D eigenvalue weighted by molar-refractivity contribution is -0.140. The molecule has 2 amide bonds. The Kier molecular flexibility index (Phi) is 5.08. The van der Waals surface area contributed by atoms with Gasteiger partial charge in [0.05, 0.1) is 12.7 Å². The van der Waals surface area contributed by atoms with Crippen LogP contribution in [0.5, 0.6) is 0 Å². The molecular formula is C18H19ClN2O4. The Bertz CT molecular complexity index is 736. The number of hydrogen-bond donors (Lipinski definition) is 1. The third-order valence-corrected chi connectivity index (χ3v) is 4.92. The largest absolute Gasteiger partial charge is 0.465 e. The number of benzene rings is 1. The first-order valence-corrected chi connectivity index (χ1v) is 8.63. The molecule has 0 spiro atoms. The molecule has 0 bridgehead atoms. The number of hydrogen-bond acceptors (Lipinski definition) is 5. The highest BCUT2D eigenvalue weighted by Gasteiger charge is 2.42. The Balaban J connectivity index is 1.76. The number of rotatable bonds is 4. The zero-order valence-corrected chi connectivity index (χ0v) is 14.6. The van der Waals surface area contributed by atoms with Crippen molar-refractivity contribution in [3.05, 3.63) is 40.6 Å². The Morgan fingerprint density at radius 1 is 1.12 bits per heavy atom. The lowest BCUT2D eigenvalue weighted by Gasteiger charge is -2.29. The summed E-state index contributed by atoms with van der Waals surface area (Å²) in [5.41, 5.74) is 1.04. The van der Waals surface area contributed by atoms with Crippen LogP contribution in [0.1, 0.15) is 42.5 Å². The van der Waals surface area contributed by atoms with Crippen molar-refractivity contribution >= 4 is 35.1 Å². The fraction of sp³-hybridized carbons (Fsp3) is 0.389. The van der Waals surface area contributed by atoms with Crippen molar-refractivity contribution in [3.8, 4) is 0 Å². The van der Waals surface area contributed by atoms with Gasteiger partial charge in [0.2, 0.25) is 0 Å². The van der Waals surface area contributed by atoms with Crippen molar-refractivity contribution in [3.63, 3.8) is 0 Å². The summed E-state index contributed by atoms with van der Waals surface area (Å²) in [6.07, 6.45) is 4.80. The maximum atomic E-state index is 12.7. The van der Waals surface area contributed by atoms with Gasteiger partial charge in [-0.1, -0.05) is 30.9 Å². The topological polar surface area (TPSA) is 75.7 Å². The van der Waals surface area contributed by atoms with E-state index < -0.39 is 11.9 Å². The van der Waals surface area contributed by atoms with E-state index in [9.17, 15) is 14.4 Å². The lowest BCUT2D eigenvalue weighted by atomic mass is 9.94. The summed E-state index contributed by atoms with van der Waals surface area (Å²) in [6, 6.07) is 6.32. The van der Waals surface area contributed by atoms with Gasteiger partial charge in [0.25, 0.3) is 11.8 Å². The molecule has 1 aliphatic carbocycles. The van der Waals surface area contributed by atoms with Crippen molar-refractivity contribution in [2.75, 3.05) is 12.4 Å². The van der Waals surface area contributed by atoms with Crippen LogP contribution < -0.4 is 5.32 Å². The molecule has 1 fully saturated rings. The minimum Gasteiger partial charge on any atom is -0.465 e. The summed E-state index contributed by atoms with van der Waals surface area (Å²) >= 11 is 6.12. The smallest absolute Gasteiger partial charge is 0.337 e. The van der Waals surface area contributed by atoms with E-state index >= 15 is 0 Å². The first kappa shape index (κ1) is 17.5. The van der Waals surface area contributed by atoms with Crippen LogP contribution in [0.3, 0.4) is 0 Å². The monoisotopic (exact) mass is 362 g/mol. The fourth-order valence-electron chi connectivity index (χ4n) is 3.25. The molecule has 1 N–H and O–H groups in total. The molecule has 0 radical (unpaired) electrons. The first-order valence-electron chi connectivity index (χ1n) is 8.26. The van der Waals surface area contributed by atoms with Gasteiger partial charge < -0.3 is 10.1 Å². The molecule has 1 saturated carbocycles. The molecule has 3 rings (SSSR count). The second-order valence-corrected chi connectivity index (χ2v) is 6.53. The van der Waals surface area contributed by atoms with Crippen LogP contribution in [-0.4, -0.2) is 35.8 Å². The molecule has 6 nitrogen and oxygen atoms in total. The number of nitrogens with zero attached hydrogens (tertiary/aromatic N) is 1. The number of imide groups is 1. The summed E-state index contributed by atoms with van der Waals surface area (Å²) in [6.45, 7) is 0. The second kappa shape index (κ2) is 7.27. The third-order valence-electron chi connectivity index (χ3n) is 4.57. The van der Waals surface area contributed by atoms with Gasteiger partial charge in [-0.25, -0.2) is 4.79 Å². The van der Waals surface area contributed by atoms with Crippen LogP contribution in [0.25, 0.3) is 0 Å². The maximum Gasteiger partial charge on any atom is 0.337 e. The van der Waals surface area contributed by atoms with Crippen LogP contribution in [0, 0.1) is 0 Å². The van der Waals surface area contributed by atoms with Gasteiger partial charge in [-0.05, 0) is 37.1 Å². The van der Waals surface area contributed by atoms with Crippen LogP contribution in [0.4, 0.5) is 5.69 Å². The number of ether oxygens (including phenoxy) is 1. The predicted octanol–water partition coefficient (Wildman–Crippen LogP) is 3.04. The Labute approximate surface area is 150 Å². The molecule has 132 valence electrons. The number of methoxy groups -OCH3 is 1. The Hall–Kier alpha value is -2.34. The molecule has 1 aromatic carbocycles. The van der Waals surface area contributed by atoms with Gasteiger partial charge in [-0.3, -0.25) is 14.5 Å². The predicted molar refractivity (Wildman–Crippen MR) is 93.0 cm³/mol. The highest BCUT2D eigenvalue weighted by atomic mass is 35.5. The van der Waals surface area contributed by atoms with Crippen LogP contribution >= 0.6 is 11.6 Å². The molecule has 7 heteroatoms. The number of carbonyl (C=O) groups excluding carboxylic acids is 3. The molecule has 0 atom stereocenters. The molecule has 0 saturated heterocycles. The van der Waals surface area contributed by atoms with E-state index in [1.807, 2.05) is 0 Å². The molecule has 0 unspecified atom stereocenters. The number of esters is 1. The number of anilines is 1. The highest BCUT2D eigenvalue weighted by molar-refractivity contribution is 6.48. The molecule has 25 heavy (non-hydrogen) atoms. The van der Waals surface area contributed by atoms with Crippen LogP contribution in [0.2, 0.25) is 0 Å². The van der Waals surface area contributed by atoms with E-state index in [1.165, 1.54) is 12.0 Å². The quantitative estimate of drug-likeness (QED) is 0.658. The summed E-state index contributed by atoms with van der Waals surface area (Å²) in [5, 5.41) is 2.82. The van der Waals surface area contributed by atoms with Gasteiger partial charge in [0.15, 0.2) is 0 Å². The third kappa shape index (κ3) is 3.39. The minimum atomic E-state index is -0.445. The molecular weight excluding hydrogens is 344 g/mol. The minimum absolute atomic E-state index is 0.0801. The molecule has 1 aliphatic heterocycles. The van der Waals surface area contributed by atoms with Crippen LogP contribution in [-0.2, 0) is 14.3 Å². The average molecular weight is 363 g/mol. The normalized spacial score (nSPS) is 18.7. The summed E-state index contributed by atoms with van der Waals surface area (Å²) in [7, 11) is 1.31. The van der Waals surface area contributed by atoms with Gasteiger partial charge in [-0.2, -0.15) is 0 Å². The Morgan fingerprint density at radius 3 is 2.36 bits per heavy atom. The van der Waals surface area contributed by atoms with Crippen molar-refractivity contribution in [1.82, 2.24) is 4.90 Å². The van der Waals surface area contributed by atoms with Gasteiger partial charge >= 0.3 is 5.97 Å². The maximum absolute atomic E-state index is 12.7. The van der Waals surface area contributed by atoms with Crippen molar-refractivity contribution in [1.29, 1.82) is 0 Å². The zero-order chi connectivity index (χ0) is 18.0. The molecule has 2 aliphatic rings. The zero-order valence-electron chi connectivity index (χ0n) is 13.9. The number of carbonyl (C=O) groups is 3. The highest BCUT2D eigenvalue weighted by Crippen LogP contribution is 2.32. The van der Waals surface area contributed by atoms with Gasteiger partial charge in [0, 0.05) is 11.7 Å². The number of amides is 2. The number of nitrogens with one attached hydrogen (secondary N) is 1. The van der Waals surface area contributed by atoms with E-state index in [2.05, 4.69) is 10.1 Å². The van der Waals surface area contributed by atoms with Crippen molar-refractivity contribution < 1.29 is 19.1 Å². The van der Waals surface area contributed by atoms with Crippen LogP contribution in [0.15, 0.2) is 35.0 Å². The summed E-state index contributed by atoms with van der Waals surface area (Å²) in [5.74, 6) is -1.27. The van der Waals surface area contributed by atoms with E-state index in [1.54, 1.807) is 24.3 Å². The lowest BCUT2D eigenvalue weighted by Crippen LogP contribution is -2.42. The molecule has 1 aromatic rings. The van der Waals surface area contributed by atoms with E-state index in [-0.39, 0.29) is 22.7 Å². The first-order chi connectivity index (χ1) is 12.0. The standard InChI is InChI=1S/C18H19ClN2O4/c1-25-18(24)11-7-9-12(10-8-11)20-15-14(19)16(22)21(17(15)23)13-5-3-2-4-6-13/h7-10,13,20H,2-6H2,1H3. The summed E-state index contributed by atoms with van der Waals surface area (Å²) < 4.78 is 4.64. The SMILES string of the molecule is COC(=O)c1ccc(NC2=C(Cl)C(=O)N(C3CCCCC3)C2=O)cc1. The fourth-order valence-corrected chi connectivity index (χ4v) is 3.47. The van der Waals surface area contributed by atoms with Crippen molar-refractivity contribution in [2.45, 2.75) is 38.1 Å². The molecule has 0 aromatic heterocycles. The Morgan fingerprint density at radius 2 is 1.76 bits per heavy atom. The van der Waals surface area contributed by atoms with E-state index in [0.29, 0.717) is 11.3 Å².